The van der Waals surface area contributed by atoms with Crippen LogP contribution in [-0.2, 0) is 6.54 Å². The zero-order chi connectivity index (χ0) is 20.5. The largest absolute Gasteiger partial charge is 0.494 e. The van der Waals surface area contributed by atoms with Crippen LogP contribution in [0, 0.1) is 18.6 Å². The second-order valence-corrected chi connectivity index (χ2v) is 6.58. The number of fused-ring (bicyclic) bond motifs is 1. The Bertz CT molecular complexity index is 1180. The van der Waals surface area contributed by atoms with Crippen molar-refractivity contribution in [3.05, 3.63) is 65.4 Å². The molecule has 2 N–H and O–H groups in total. The Hall–Kier alpha value is -3.55. The van der Waals surface area contributed by atoms with E-state index in [0.717, 1.165) is 10.9 Å². The van der Waals surface area contributed by atoms with E-state index in [1.807, 2.05) is 31.2 Å². The number of anilines is 1. The van der Waals surface area contributed by atoms with Gasteiger partial charge in [0, 0.05) is 34.8 Å². The summed E-state index contributed by atoms with van der Waals surface area (Å²) in [7, 11) is 0. The van der Waals surface area contributed by atoms with Gasteiger partial charge in [-0.05, 0) is 19.9 Å². The molecule has 4 aromatic rings. The fourth-order valence-electron chi connectivity index (χ4n) is 3.11. The van der Waals surface area contributed by atoms with Crippen molar-refractivity contribution < 1.29 is 13.5 Å². The van der Waals surface area contributed by atoms with Crippen molar-refractivity contribution in [2.24, 2.45) is 0 Å². The lowest BCUT2D eigenvalue weighted by Gasteiger charge is -2.09. The highest BCUT2D eigenvalue weighted by Crippen LogP contribution is 2.28. The molecule has 0 spiro atoms. The predicted octanol–water partition coefficient (Wildman–Crippen LogP) is 4.11. The maximum Gasteiger partial charge on any atom is 0.182 e. The minimum absolute atomic E-state index is 0.0913. The summed E-state index contributed by atoms with van der Waals surface area (Å²) in [5, 5.41) is 5.30. The van der Waals surface area contributed by atoms with Gasteiger partial charge in [-0.2, -0.15) is 5.10 Å². The van der Waals surface area contributed by atoms with E-state index < -0.39 is 11.6 Å². The van der Waals surface area contributed by atoms with Gasteiger partial charge < -0.3 is 10.5 Å². The van der Waals surface area contributed by atoms with Crippen LogP contribution in [-0.4, -0.2) is 26.4 Å². The van der Waals surface area contributed by atoms with E-state index in [9.17, 15) is 8.78 Å². The number of benzene rings is 2. The normalized spacial score (nSPS) is 11.2. The summed E-state index contributed by atoms with van der Waals surface area (Å²) in [6, 6.07) is 9.73. The second-order valence-electron chi connectivity index (χ2n) is 6.58. The van der Waals surface area contributed by atoms with Crippen LogP contribution in [0.1, 0.15) is 18.1 Å². The topological polar surface area (TPSA) is 78.8 Å². The number of nitrogens with zero attached hydrogens (tertiary/aromatic N) is 4. The number of hydrogen-bond acceptors (Lipinski definition) is 5. The van der Waals surface area contributed by atoms with Gasteiger partial charge in [-0.15, -0.1) is 0 Å². The molecule has 0 saturated carbocycles. The van der Waals surface area contributed by atoms with Gasteiger partial charge in [-0.25, -0.2) is 18.7 Å². The van der Waals surface area contributed by atoms with Crippen molar-refractivity contribution in [3.63, 3.8) is 0 Å². The molecule has 0 saturated heterocycles. The molecular weight excluding hydrogens is 376 g/mol. The van der Waals surface area contributed by atoms with Gasteiger partial charge >= 0.3 is 0 Å². The third-order valence-corrected chi connectivity index (χ3v) is 4.61. The molecule has 2 aromatic carbocycles. The monoisotopic (exact) mass is 395 g/mol. The lowest BCUT2D eigenvalue weighted by Crippen LogP contribution is -2.07. The van der Waals surface area contributed by atoms with E-state index >= 15 is 0 Å². The van der Waals surface area contributed by atoms with Crippen LogP contribution in [0.5, 0.6) is 5.75 Å². The Balaban J connectivity index is 1.81. The van der Waals surface area contributed by atoms with Gasteiger partial charge in [0.2, 0.25) is 0 Å². The summed E-state index contributed by atoms with van der Waals surface area (Å²) in [5.41, 5.74) is 7.78. The van der Waals surface area contributed by atoms with Gasteiger partial charge in [0.25, 0.3) is 0 Å². The Kier molecular flexibility index (Phi) is 4.84. The van der Waals surface area contributed by atoms with E-state index in [-0.39, 0.29) is 17.9 Å². The number of halogens is 2. The molecule has 4 rings (SSSR count). The zero-order valence-electron chi connectivity index (χ0n) is 16.0. The molecule has 29 heavy (non-hydrogen) atoms. The van der Waals surface area contributed by atoms with Crippen LogP contribution in [0.3, 0.4) is 0 Å². The van der Waals surface area contributed by atoms with Crippen molar-refractivity contribution in [1.82, 2.24) is 19.7 Å². The van der Waals surface area contributed by atoms with E-state index in [2.05, 4.69) is 15.1 Å². The summed E-state index contributed by atoms with van der Waals surface area (Å²) in [6.07, 6.45) is 1.62. The number of hydrogen-bond donors (Lipinski definition) is 1. The van der Waals surface area contributed by atoms with E-state index in [0.29, 0.717) is 29.5 Å². The van der Waals surface area contributed by atoms with Crippen LogP contribution in [0.25, 0.3) is 22.4 Å². The minimum atomic E-state index is -0.689. The SMILES string of the molecule is CCOc1cc(F)c(Cn2nc(-c3ncc(C)c(N)n3)c3ccccc32)c(F)c1. The number of nitrogen functional groups attached to an aromatic ring is 1. The van der Waals surface area contributed by atoms with Crippen LogP contribution >= 0.6 is 0 Å². The lowest BCUT2D eigenvalue weighted by atomic mass is 10.1. The first-order valence-electron chi connectivity index (χ1n) is 9.13. The fraction of sp³-hybridized carbons (Fsp3) is 0.190. The molecular formula is C21H19F2N5O. The second kappa shape index (κ2) is 7.46. The fourth-order valence-corrected chi connectivity index (χ4v) is 3.11. The standard InChI is InChI=1S/C21H19F2N5O/c1-3-29-13-8-16(22)15(17(23)9-13)11-28-18-7-5-4-6-14(18)19(27-28)21-25-10-12(2)20(24)26-21/h4-10H,3,11H2,1-2H3,(H2,24,25,26). The number of para-hydroxylation sites is 1. The van der Waals surface area contributed by atoms with E-state index in [4.69, 9.17) is 10.5 Å². The first-order chi connectivity index (χ1) is 14.0. The predicted molar refractivity (Wildman–Crippen MR) is 107 cm³/mol. The van der Waals surface area contributed by atoms with Gasteiger partial charge in [-0.3, -0.25) is 4.68 Å². The van der Waals surface area contributed by atoms with Crippen molar-refractivity contribution in [2.45, 2.75) is 20.4 Å². The van der Waals surface area contributed by atoms with Crippen LogP contribution < -0.4 is 10.5 Å². The van der Waals surface area contributed by atoms with Gasteiger partial charge in [0.1, 0.15) is 28.9 Å². The molecule has 148 valence electrons. The first-order valence-corrected chi connectivity index (χ1v) is 9.13. The van der Waals surface area contributed by atoms with Gasteiger partial charge in [0.05, 0.1) is 18.7 Å². The highest BCUT2D eigenvalue weighted by atomic mass is 19.1. The summed E-state index contributed by atoms with van der Waals surface area (Å²) < 4.78 is 35.8. The average molecular weight is 395 g/mol. The van der Waals surface area contributed by atoms with Crippen molar-refractivity contribution >= 4 is 16.7 Å². The highest BCUT2D eigenvalue weighted by Gasteiger charge is 2.18. The van der Waals surface area contributed by atoms with Gasteiger partial charge in [-0.1, -0.05) is 18.2 Å². The number of ether oxygens (including phenoxy) is 1. The van der Waals surface area contributed by atoms with Crippen LogP contribution in [0.15, 0.2) is 42.6 Å². The minimum Gasteiger partial charge on any atom is -0.494 e. The third kappa shape index (κ3) is 3.49. The highest BCUT2D eigenvalue weighted by molar-refractivity contribution is 5.91. The van der Waals surface area contributed by atoms with Crippen LogP contribution in [0.4, 0.5) is 14.6 Å². The van der Waals surface area contributed by atoms with E-state index in [1.54, 1.807) is 13.1 Å². The molecule has 0 atom stereocenters. The van der Waals surface area contributed by atoms with Gasteiger partial charge in [0.15, 0.2) is 5.82 Å². The third-order valence-electron chi connectivity index (χ3n) is 4.61. The summed E-state index contributed by atoms with van der Waals surface area (Å²) in [4.78, 5) is 8.62. The average Bonchev–Trinajstić information content (AvgIpc) is 3.06. The molecule has 2 aromatic heterocycles. The van der Waals surface area contributed by atoms with Crippen molar-refractivity contribution in [2.75, 3.05) is 12.3 Å². The molecule has 0 aliphatic rings. The molecule has 6 nitrogen and oxygen atoms in total. The van der Waals surface area contributed by atoms with Crippen LogP contribution in [0.2, 0.25) is 0 Å². The number of aryl methyl sites for hydroxylation is 1. The van der Waals surface area contributed by atoms with Crippen molar-refractivity contribution in [3.8, 4) is 17.3 Å². The molecule has 0 fully saturated rings. The molecule has 0 bridgehead atoms. The molecule has 8 heteroatoms. The molecule has 0 aliphatic carbocycles. The Morgan fingerprint density at radius 3 is 2.55 bits per heavy atom. The number of nitrogens with two attached hydrogens (primary N) is 1. The quantitative estimate of drug-likeness (QED) is 0.550. The maximum atomic E-state index is 14.5. The first kappa shape index (κ1) is 18.8. The number of rotatable bonds is 5. The molecule has 0 unspecified atom stereocenters. The van der Waals surface area contributed by atoms with Crippen molar-refractivity contribution in [1.29, 1.82) is 0 Å². The zero-order valence-corrected chi connectivity index (χ0v) is 16.0. The summed E-state index contributed by atoms with van der Waals surface area (Å²) >= 11 is 0. The summed E-state index contributed by atoms with van der Waals surface area (Å²) in [6.45, 7) is 3.80. The molecule has 0 radical (unpaired) electrons. The lowest BCUT2D eigenvalue weighted by molar-refractivity contribution is 0.335. The molecule has 2 heterocycles. The summed E-state index contributed by atoms with van der Waals surface area (Å²) in [5.74, 6) is -0.510. The smallest absolute Gasteiger partial charge is 0.182 e. The maximum absolute atomic E-state index is 14.5. The Morgan fingerprint density at radius 2 is 1.86 bits per heavy atom. The molecule has 0 amide bonds. The Morgan fingerprint density at radius 1 is 1.14 bits per heavy atom. The number of aromatic nitrogens is 4. The van der Waals surface area contributed by atoms with E-state index in [1.165, 1.54) is 16.8 Å². The Labute approximate surface area is 166 Å². The molecule has 0 aliphatic heterocycles.